The Morgan fingerprint density at radius 3 is 2.15 bits per heavy atom. The summed E-state index contributed by atoms with van der Waals surface area (Å²) in [4.78, 5) is 37.7. The number of carbonyl (C=O) groups is 3. The van der Waals surface area contributed by atoms with Gasteiger partial charge in [0, 0.05) is 17.0 Å². The predicted molar refractivity (Wildman–Crippen MR) is 132 cm³/mol. The fourth-order valence-electron chi connectivity index (χ4n) is 3.14. The van der Waals surface area contributed by atoms with Crippen LogP contribution in [0.25, 0.3) is 0 Å². The van der Waals surface area contributed by atoms with Gasteiger partial charge >= 0.3 is 5.97 Å². The molecule has 0 saturated heterocycles. The van der Waals surface area contributed by atoms with Crippen LogP contribution in [-0.4, -0.2) is 35.2 Å². The Morgan fingerprint density at radius 1 is 0.909 bits per heavy atom. The number of carboxylic acid groups (broad SMARTS) is 1. The molecule has 170 valence electrons. The molecule has 0 fully saturated rings. The third kappa shape index (κ3) is 6.28. The molecule has 3 N–H and O–H groups in total. The molecular weight excluding hydrogens is 483 g/mol. The molecule has 0 aromatic heterocycles. The normalized spacial score (nSPS) is 11.5. The summed E-state index contributed by atoms with van der Waals surface area (Å²) in [5.41, 5.74) is 1.76. The number of amides is 2. The molecule has 0 saturated carbocycles. The molecule has 0 heterocycles. The highest BCUT2D eigenvalue weighted by molar-refractivity contribution is 7.98. The predicted octanol–water partition coefficient (Wildman–Crippen LogP) is 5.39. The maximum Gasteiger partial charge on any atom is 0.326 e. The van der Waals surface area contributed by atoms with E-state index in [1.807, 2.05) is 12.3 Å². The van der Waals surface area contributed by atoms with Gasteiger partial charge in [0.25, 0.3) is 11.8 Å². The molecule has 0 aliphatic carbocycles. The quantitative estimate of drug-likeness (QED) is 0.358. The first-order valence-electron chi connectivity index (χ1n) is 9.81. The fourth-order valence-corrected chi connectivity index (χ4v) is 4.30. The first-order chi connectivity index (χ1) is 15.8. The number of carbonyl (C=O) groups excluding carboxylic acids is 2. The van der Waals surface area contributed by atoms with E-state index < -0.39 is 23.8 Å². The molecule has 0 spiro atoms. The molecule has 1 unspecified atom stereocenters. The van der Waals surface area contributed by atoms with Crippen LogP contribution in [0.15, 0.2) is 71.6 Å². The second kappa shape index (κ2) is 11.2. The van der Waals surface area contributed by atoms with Crippen molar-refractivity contribution in [3.63, 3.8) is 0 Å². The van der Waals surface area contributed by atoms with Crippen molar-refractivity contribution in [2.45, 2.75) is 17.4 Å². The summed E-state index contributed by atoms with van der Waals surface area (Å²) in [6.07, 6.45) is 1.92. The summed E-state index contributed by atoms with van der Waals surface area (Å²) >= 11 is 13.6. The van der Waals surface area contributed by atoms with Gasteiger partial charge in [-0.25, -0.2) is 4.79 Å². The van der Waals surface area contributed by atoms with E-state index >= 15 is 0 Å². The summed E-state index contributed by atoms with van der Waals surface area (Å²) in [5.74, 6) is -2.05. The smallest absolute Gasteiger partial charge is 0.326 e. The molecule has 0 aliphatic rings. The molecule has 33 heavy (non-hydrogen) atoms. The van der Waals surface area contributed by atoms with E-state index in [1.165, 1.54) is 11.8 Å². The van der Waals surface area contributed by atoms with E-state index in [4.69, 9.17) is 23.2 Å². The minimum atomic E-state index is -1.14. The lowest BCUT2D eigenvalue weighted by atomic mass is 10.0. The van der Waals surface area contributed by atoms with Gasteiger partial charge in [0.05, 0.1) is 21.2 Å². The summed E-state index contributed by atoms with van der Waals surface area (Å²) in [6.45, 7) is 0. The molecule has 2 amide bonds. The van der Waals surface area contributed by atoms with Gasteiger partial charge in [0.2, 0.25) is 0 Å². The summed E-state index contributed by atoms with van der Waals surface area (Å²) in [6, 6.07) is 17.3. The van der Waals surface area contributed by atoms with Gasteiger partial charge in [-0.2, -0.15) is 0 Å². The van der Waals surface area contributed by atoms with E-state index in [9.17, 15) is 19.5 Å². The van der Waals surface area contributed by atoms with Gasteiger partial charge in [-0.05, 0) is 48.2 Å². The van der Waals surface area contributed by atoms with Crippen LogP contribution in [-0.2, 0) is 11.2 Å². The van der Waals surface area contributed by atoms with Gasteiger partial charge in [0.15, 0.2) is 0 Å². The number of halogens is 2. The Kier molecular flexibility index (Phi) is 8.38. The molecule has 0 radical (unpaired) electrons. The number of nitrogens with one attached hydrogen (secondary N) is 2. The Morgan fingerprint density at radius 2 is 1.55 bits per heavy atom. The maximum atomic E-state index is 12.6. The summed E-state index contributed by atoms with van der Waals surface area (Å²) < 4.78 is 0. The first kappa shape index (κ1) is 24.6. The Hall–Kier alpha value is -3.00. The molecular formula is C24H20Cl2N2O4S. The Bertz CT molecular complexity index is 1170. The van der Waals surface area contributed by atoms with Gasteiger partial charge < -0.3 is 15.7 Å². The van der Waals surface area contributed by atoms with Gasteiger partial charge in [-0.3, -0.25) is 9.59 Å². The lowest BCUT2D eigenvalue weighted by Crippen LogP contribution is -2.42. The lowest BCUT2D eigenvalue weighted by Gasteiger charge is -2.16. The monoisotopic (exact) mass is 502 g/mol. The molecule has 6 nitrogen and oxygen atoms in total. The van der Waals surface area contributed by atoms with Crippen molar-refractivity contribution >= 4 is 58.4 Å². The highest BCUT2D eigenvalue weighted by Crippen LogP contribution is 2.25. The number of anilines is 1. The standard InChI is InChI=1S/C24H20Cl2N2O4S/c1-33-20-8-3-2-5-16(20)22(29)28-19(24(31)32)13-14-9-11-15(12-10-14)27-23(30)21-17(25)6-4-7-18(21)26/h2-12,19H,13H2,1H3,(H,27,30)(H,28,29)(H,31,32). The zero-order chi connectivity index (χ0) is 24.0. The Balaban J connectivity index is 1.68. The lowest BCUT2D eigenvalue weighted by molar-refractivity contribution is -0.139. The second-order valence-corrected chi connectivity index (χ2v) is 8.68. The summed E-state index contributed by atoms with van der Waals surface area (Å²) in [7, 11) is 0. The van der Waals surface area contributed by atoms with Crippen LogP contribution in [0.3, 0.4) is 0 Å². The third-order valence-corrected chi connectivity index (χ3v) is 6.22. The number of thioether (sulfide) groups is 1. The number of rotatable bonds is 8. The highest BCUT2D eigenvalue weighted by atomic mass is 35.5. The van der Waals surface area contributed by atoms with E-state index in [2.05, 4.69) is 10.6 Å². The van der Waals surface area contributed by atoms with Gasteiger partial charge in [-0.1, -0.05) is 53.5 Å². The van der Waals surface area contributed by atoms with Crippen molar-refractivity contribution in [2.75, 3.05) is 11.6 Å². The average molecular weight is 503 g/mol. The molecule has 3 aromatic rings. The zero-order valence-corrected chi connectivity index (χ0v) is 19.8. The third-order valence-electron chi connectivity index (χ3n) is 4.80. The number of hydrogen-bond acceptors (Lipinski definition) is 4. The number of carboxylic acids is 1. The van der Waals surface area contributed by atoms with Crippen molar-refractivity contribution in [3.8, 4) is 0 Å². The topological polar surface area (TPSA) is 95.5 Å². The zero-order valence-electron chi connectivity index (χ0n) is 17.5. The second-order valence-electron chi connectivity index (χ2n) is 7.02. The molecule has 0 aliphatic heterocycles. The fraction of sp³-hybridized carbons (Fsp3) is 0.125. The average Bonchev–Trinajstić information content (AvgIpc) is 2.79. The van der Waals surface area contributed by atoms with Gasteiger partial charge in [0.1, 0.15) is 6.04 Å². The highest BCUT2D eigenvalue weighted by Gasteiger charge is 2.22. The SMILES string of the molecule is CSc1ccccc1C(=O)NC(Cc1ccc(NC(=O)c2c(Cl)cccc2Cl)cc1)C(=O)O. The largest absolute Gasteiger partial charge is 0.480 e. The van der Waals surface area contributed by atoms with Crippen LogP contribution in [0.1, 0.15) is 26.3 Å². The van der Waals surface area contributed by atoms with Crippen molar-refractivity contribution in [2.24, 2.45) is 0 Å². The molecule has 9 heteroatoms. The van der Waals surface area contributed by atoms with Crippen LogP contribution in [0.4, 0.5) is 5.69 Å². The van der Waals surface area contributed by atoms with Crippen molar-refractivity contribution in [3.05, 3.63) is 93.5 Å². The van der Waals surface area contributed by atoms with E-state index in [0.29, 0.717) is 16.8 Å². The van der Waals surface area contributed by atoms with Crippen LogP contribution < -0.4 is 10.6 Å². The van der Waals surface area contributed by atoms with Crippen molar-refractivity contribution in [1.82, 2.24) is 5.32 Å². The minimum absolute atomic E-state index is 0.0765. The number of benzene rings is 3. The van der Waals surface area contributed by atoms with Crippen LogP contribution >= 0.6 is 35.0 Å². The molecule has 1 atom stereocenters. The van der Waals surface area contributed by atoms with Crippen LogP contribution in [0.2, 0.25) is 10.0 Å². The number of hydrogen-bond donors (Lipinski definition) is 3. The Labute approximate surface area is 205 Å². The molecule has 3 aromatic carbocycles. The van der Waals surface area contributed by atoms with Crippen LogP contribution in [0, 0.1) is 0 Å². The molecule has 0 bridgehead atoms. The maximum absolute atomic E-state index is 12.6. The van der Waals surface area contributed by atoms with Gasteiger partial charge in [-0.15, -0.1) is 11.8 Å². The van der Waals surface area contributed by atoms with E-state index in [0.717, 1.165) is 4.90 Å². The first-order valence-corrected chi connectivity index (χ1v) is 11.8. The van der Waals surface area contributed by atoms with E-state index in [-0.39, 0.29) is 22.0 Å². The van der Waals surface area contributed by atoms with Crippen LogP contribution in [0.5, 0.6) is 0 Å². The number of aliphatic carboxylic acids is 1. The minimum Gasteiger partial charge on any atom is -0.480 e. The van der Waals surface area contributed by atoms with E-state index in [1.54, 1.807) is 60.7 Å². The van der Waals surface area contributed by atoms with Crippen molar-refractivity contribution in [1.29, 1.82) is 0 Å². The summed E-state index contributed by atoms with van der Waals surface area (Å²) in [5, 5.41) is 15.4. The molecule has 3 rings (SSSR count). The van der Waals surface area contributed by atoms with Crippen molar-refractivity contribution < 1.29 is 19.5 Å².